The van der Waals surface area contributed by atoms with E-state index in [0.717, 1.165) is 28.0 Å². The van der Waals surface area contributed by atoms with Crippen LogP contribution >= 0.6 is 0 Å². The van der Waals surface area contributed by atoms with Gasteiger partial charge in [-0.3, -0.25) is 4.98 Å². The highest BCUT2D eigenvalue weighted by molar-refractivity contribution is 5.64. The monoisotopic (exact) mass is 319 g/mol. The molecule has 2 aromatic carbocycles. The number of benzene rings is 2. The molecule has 0 saturated carbocycles. The fraction of sp³-hybridized carbons (Fsp3) is 0.190. The molecule has 0 aliphatic rings. The summed E-state index contributed by atoms with van der Waals surface area (Å²) < 4.78 is 5.19. The van der Waals surface area contributed by atoms with Gasteiger partial charge >= 0.3 is 0 Å². The molecule has 0 saturated heterocycles. The van der Waals surface area contributed by atoms with Gasteiger partial charge in [-0.25, -0.2) is 0 Å². The Hall–Kier alpha value is -2.65. The molecular formula is C21H21NO2. The number of rotatable bonds is 5. The summed E-state index contributed by atoms with van der Waals surface area (Å²) in [4.78, 5) is 4.13. The Bertz CT molecular complexity index is 782. The van der Waals surface area contributed by atoms with Crippen LogP contribution in [0.5, 0.6) is 5.75 Å². The van der Waals surface area contributed by atoms with E-state index in [1.165, 1.54) is 0 Å². The molecule has 0 amide bonds. The van der Waals surface area contributed by atoms with Crippen molar-refractivity contribution in [2.24, 2.45) is 0 Å². The van der Waals surface area contributed by atoms with E-state index in [9.17, 15) is 5.11 Å². The number of aromatic nitrogens is 1. The lowest BCUT2D eigenvalue weighted by Gasteiger charge is -2.27. The fourth-order valence-corrected chi connectivity index (χ4v) is 2.90. The lowest BCUT2D eigenvalue weighted by Crippen LogP contribution is -2.26. The van der Waals surface area contributed by atoms with Crippen LogP contribution in [0.1, 0.15) is 24.5 Å². The summed E-state index contributed by atoms with van der Waals surface area (Å²) in [6, 6.07) is 19.7. The number of hydrogen-bond donors (Lipinski definition) is 1. The first-order chi connectivity index (χ1) is 11.7. The topological polar surface area (TPSA) is 42.4 Å². The predicted octanol–water partition coefficient (Wildman–Crippen LogP) is 4.40. The van der Waals surface area contributed by atoms with E-state index in [2.05, 4.69) is 4.98 Å². The maximum absolute atomic E-state index is 11.1. The first-order valence-corrected chi connectivity index (χ1v) is 8.05. The maximum Gasteiger partial charge on any atom is 0.118 e. The summed E-state index contributed by atoms with van der Waals surface area (Å²) in [6.45, 7) is 1.98. The molecule has 0 radical (unpaired) electrons. The lowest BCUT2D eigenvalue weighted by atomic mass is 9.84. The molecule has 3 heteroatoms. The molecule has 3 aromatic rings. The minimum absolute atomic E-state index is 0.584. The molecule has 3 nitrogen and oxygen atoms in total. The third kappa shape index (κ3) is 3.03. The average molecular weight is 319 g/mol. The van der Waals surface area contributed by atoms with Crippen molar-refractivity contribution in [1.29, 1.82) is 0 Å². The van der Waals surface area contributed by atoms with E-state index in [-0.39, 0.29) is 0 Å². The van der Waals surface area contributed by atoms with Gasteiger partial charge in [0.05, 0.1) is 7.11 Å². The minimum atomic E-state index is -1.02. The summed E-state index contributed by atoms with van der Waals surface area (Å²) in [5, 5.41) is 11.1. The number of hydrogen-bond acceptors (Lipinski definition) is 3. The first-order valence-electron chi connectivity index (χ1n) is 8.05. The van der Waals surface area contributed by atoms with Gasteiger partial charge in [-0.05, 0) is 41.3 Å². The van der Waals surface area contributed by atoms with E-state index in [4.69, 9.17) is 4.74 Å². The van der Waals surface area contributed by atoms with Gasteiger partial charge in [-0.2, -0.15) is 0 Å². The normalized spacial score (nSPS) is 13.3. The van der Waals surface area contributed by atoms with Crippen LogP contribution in [0.3, 0.4) is 0 Å². The van der Waals surface area contributed by atoms with Gasteiger partial charge in [-0.1, -0.05) is 49.4 Å². The molecule has 0 fully saturated rings. The van der Waals surface area contributed by atoms with Gasteiger partial charge in [0.1, 0.15) is 11.4 Å². The average Bonchev–Trinajstić information content (AvgIpc) is 2.68. The zero-order chi connectivity index (χ0) is 17.0. The number of nitrogens with zero attached hydrogens (tertiary/aromatic N) is 1. The Kier molecular flexibility index (Phi) is 4.63. The van der Waals surface area contributed by atoms with E-state index < -0.39 is 5.60 Å². The van der Waals surface area contributed by atoms with Crippen molar-refractivity contribution in [1.82, 2.24) is 4.98 Å². The van der Waals surface area contributed by atoms with E-state index in [0.29, 0.717) is 6.42 Å². The van der Waals surface area contributed by atoms with E-state index in [1.54, 1.807) is 19.5 Å². The van der Waals surface area contributed by atoms with Gasteiger partial charge in [0.25, 0.3) is 0 Å². The highest BCUT2D eigenvalue weighted by Crippen LogP contribution is 2.33. The van der Waals surface area contributed by atoms with Crippen molar-refractivity contribution in [3.05, 3.63) is 84.2 Å². The zero-order valence-electron chi connectivity index (χ0n) is 13.9. The molecule has 1 heterocycles. The molecule has 0 aliphatic heterocycles. The summed E-state index contributed by atoms with van der Waals surface area (Å²) in [5.74, 6) is 0.840. The minimum Gasteiger partial charge on any atom is -0.497 e. The standard InChI is InChI=1S/C21H21NO2/c1-3-21(23,19-5-4-14-22-15-19)18-10-6-16(7-11-18)17-8-12-20(24-2)13-9-17/h4-15,23H,3H2,1-2H3. The largest absolute Gasteiger partial charge is 0.497 e. The molecule has 0 aliphatic carbocycles. The first kappa shape index (κ1) is 16.2. The summed E-state index contributed by atoms with van der Waals surface area (Å²) >= 11 is 0. The van der Waals surface area contributed by atoms with Crippen LogP contribution in [-0.4, -0.2) is 17.2 Å². The summed E-state index contributed by atoms with van der Waals surface area (Å²) in [5.41, 5.74) is 2.88. The van der Waals surface area contributed by atoms with Gasteiger partial charge in [0.2, 0.25) is 0 Å². The number of methoxy groups -OCH3 is 1. The van der Waals surface area contributed by atoms with Crippen molar-refractivity contribution in [2.75, 3.05) is 7.11 Å². The van der Waals surface area contributed by atoms with Gasteiger partial charge in [-0.15, -0.1) is 0 Å². The van der Waals surface area contributed by atoms with Gasteiger partial charge in [0.15, 0.2) is 0 Å². The summed E-state index contributed by atoms with van der Waals surface area (Å²) in [7, 11) is 1.66. The third-order valence-corrected chi connectivity index (χ3v) is 4.44. The van der Waals surface area contributed by atoms with Crippen LogP contribution in [0.2, 0.25) is 0 Å². The number of pyridine rings is 1. The van der Waals surface area contributed by atoms with Crippen LogP contribution in [0.15, 0.2) is 73.1 Å². The second-order valence-corrected chi connectivity index (χ2v) is 5.76. The molecule has 3 rings (SSSR count). The highest BCUT2D eigenvalue weighted by Gasteiger charge is 2.29. The Labute approximate surface area is 142 Å². The number of aliphatic hydroxyl groups is 1. The maximum atomic E-state index is 11.1. The van der Waals surface area contributed by atoms with Crippen LogP contribution in [0, 0.1) is 0 Å². The Morgan fingerprint density at radius 3 is 2.04 bits per heavy atom. The zero-order valence-corrected chi connectivity index (χ0v) is 13.9. The Balaban J connectivity index is 1.93. The SMILES string of the molecule is CCC(O)(c1ccc(-c2ccc(OC)cc2)cc1)c1cccnc1. The fourth-order valence-electron chi connectivity index (χ4n) is 2.90. The second-order valence-electron chi connectivity index (χ2n) is 5.76. The molecule has 0 spiro atoms. The smallest absolute Gasteiger partial charge is 0.118 e. The molecule has 122 valence electrons. The van der Waals surface area contributed by atoms with Crippen molar-refractivity contribution >= 4 is 0 Å². The molecule has 0 bridgehead atoms. The number of ether oxygens (including phenoxy) is 1. The predicted molar refractivity (Wildman–Crippen MR) is 96.0 cm³/mol. The van der Waals surface area contributed by atoms with Crippen molar-refractivity contribution < 1.29 is 9.84 Å². The van der Waals surface area contributed by atoms with E-state index >= 15 is 0 Å². The van der Waals surface area contributed by atoms with Crippen LogP contribution in [0.25, 0.3) is 11.1 Å². The van der Waals surface area contributed by atoms with Gasteiger partial charge in [0, 0.05) is 18.0 Å². The molecule has 1 unspecified atom stereocenters. The second kappa shape index (κ2) is 6.85. The molecule has 1 atom stereocenters. The van der Waals surface area contributed by atoms with Gasteiger partial charge < -0.3 is 9.84 Å². The summed E-state index contributed by atoms with van der Waals surface area (Å²) in [6.07, 6.45) is 4.02. The Morgan fingerprint density at radius 2 is 1.54 bits per heavy atom. The molecule has 1 N–H and O–H groups in total. The third-order valence-electron chi connectivity index (χ3n) is 4.44. The van der Waals surface area contributed by atoms with Crippen LogP contribution in [-0.2, 0) is 5.60 Å². The quantitative estimate of drug-likeness (QED) is 0.758. The van der Waals surface area contributed by atoms with E-state index in [1.807, 2.05) is 67.6 Å². The molecule has 24 heavy (non-hydrogen) atoms. The van der Waals surface area contributed by atoms with Crippen molar-refractivity contribution in [2.45, 2.75) is 18.9 Å². The highest BCUT2D eigenvalue weighted by atomic mass is 16.5. The molecular weight excluding hydrogens is 298 g/mol. The van der Waals surface area contributed by atoms with Crippen molar-refractivity contribution in [3.8, 4) is 16.9 Å². The lowest BCUT2D eigenvalue weighted by molar-refractivity contribution is 0.0762. The van der Waals surface area contributed by atoms with Crippen LogP contribution < -0.4 is 4.74 Å². The Morgan fingerprint density at radius 1 is 0.917 bits per heavy atom. The molecule has 1 aromatic heterocycles. The van der Waals surface area contributed by atoms with Crippen LogP contribution in [0.4, 0.5) is 0 Å². The van der Waals surface area contributed by atoms with Crippen molar-refractivity contribution in [3.63, 3.8) is 0 Å².